The maximum atomic E-state index is 5.34. The summed E-state index contributed by atoms with van der Waals surface area (Å²) >= 11 is 0. The van der Waals surface area contributed by atoms with Gasteiger partial charge in [-0.2, -0.15) is 0 Å². The zero-order valence-electron chi connectivity index (χ0n) is 15.1. The molecule has 3 nitrogen and oxygen atoms in total. The van der Waals surface area contributed by atoms with Gasteiger partial charge in [-0.15, -0.1) is 0 Å². The molecule has 0 spiro atoms. The second-order valence-corrected chi connectivity index (χ2v) is 5.88. The molecule has 2 aromatic carbocycles. The highest BCUT2D eigenvalue weighted by molar-refractivity contribution is 5.91. The molecule has 128 valence electrons. The molecule has 0 aliphatic rings. The first-order valence-electron chi connectivity index (χ1n) is 8.71. The Morgan fingerprint density at radius 1 is 0.960 bits per heavy atom. The van der Waals surface area contributed by atoms with Crippen molar-refractivity contribution in [1.82, 2.24) is 4.98 Å². The Balaban J connectivity index is 1.88. The van der Waals surface area contributed by atoms with Crippen molar-refractivity contribution in [3.8, 4) is 5.75 Å². The first-order valence-corrected chi connectivity index (χ1v) is 8.71. The Kier molecular flexibility index (Phi) is 5.34. The lowest BCUT2D eigenvalue weighted by Gasteiger charge is -2.20. The number of ether oxygens (including phenoxy) is 1. The Morgan fingerprint density at radius 2 is 1.72 bits per heavy atom. The number of hydrogen-bond donors (Lipinski definition) is 0. The van der Waals surface area contributed by atoms with Crippen molar-refractivity contribution in [1.29, 1.82) is 0 Å². The van der Waals surface area contributed by atoms with Crippen LogP contribution in [0.25, 0.3) is 23.1 Å². The van der Waals surface area contributed by atoms with Gasteiger partial charge in [0, 0.05) is 30.4 Å². The van der Waals surface area contributed by atoms with Crippen LogP contribution < -0.4 is 9.64 Å². The van der Waals surface area contributed by atoms with Crippen molar-refractivity contribution in [3.05, 3.63) is 65.9 Å². The van der Waals surface area contributed by atoms with E-state index in [0.29, 0.717) is 0 Å². The maximum absolute atomic E-state index is 5.34. The predicted octanol–water partition coefficient (Wildman–Crippen LogP) is 5.26. The van der Waals surface area contributed by atoms with Crippen molar-refractivity contribution >= 4 is 28.7 Å². The maximum Gasteiger partial charge on any atom is 0.119 e. The molecule has 3 aromatic rings. The SMILES string of the molecule is CCN(CC)c1ccc(/C=C\c2ccnc3ccc(OC)cc23)cc1. The van der Waals surface area contributed by atoms with E-state index in [2.05, 4.69) is 60.1 Å². The number of methoxy groups -OCH3 is 1. The van der Waals surface area contributed by atoms with Crippen LogP contribution in [0.15, 0.2) is 54.7 Å². The molecular weight excluding hydrogens is 308 g/mol. The molecule has 0 saturated carbocycles. The third kappa shape index (κ3) is 3.82. The molecule has 0 N–H and O–H groups in total. The number of nitrogens with zero attached hydrogens (tertiary/aromatic N) is 2. The van der Waals surface area contributed by atoms with Crippen LogP contribution in [0, 0.1) is 0 Å². The topological polar surface area (TPSA) is 25.4 Å². The number of pyridine rings is 1. The largest absolute Gasteiger partial charge is 0.497 e. The molecule has 3 rings (SSSR count). The summed E-state index contributed by atoms with van der Waals surface area (Å²) in [4.78, 5) is 6.77. The van der Waals surface area contributed by atoms with Crippen LogP contribution in [0.2, 0.25) is 0 Å². The van der Waals surface area contributed by atoms with Crippen LogP contribution >= 0.6 is 0 Å². The number of rotatable bonds is 6. The third-order valence-electron chi connectivity index (χ3n) is 4.46. The highest BCUT2D eigenvalue weighted by atomic mass is 16.5. The van der Waals surface area contributed by atoms with Gasteiger partial charge in [-0.25, -0.2) is 0 Å². The van der Waals surface area contributed by atoms with E-state index in [1.165, 1.54) is 11.3 Å². The lowest BCUT2D eigenvalue weighted by Crippen LogP contribution is -2.21. The molecule has 0 saturated heterocycles. The average Bonchev–Trinajstić information content (AvgIpc) is 2.67. The fraction of sp³-hybridized carbons (Fsp3) is 0.227. The molecule has 0 aliphatic heterocycles. The smallest absolute Gasteiger partial charge is 0.119 e. The molecule has 0 amide bonds. The van der Waals surface area contributed by atoms with Crippen LogP contribution in [0.5, 0.6) is 5.75 Å². The number of anilines is 1. The van der Waals surface area contributed by atoms with Gasteiger partial charge in [-0.3, -0.25) is 4.98 Å². The van der Waals surface area contributed by atoms with Crippen LogP contribution in [-0.4, -0.2) is 25.2 Å². The van der Waals surface area contributed by atoms with Gasteiger partial charge < -0.3 is 9.64 Å². The van der Waals surface area contributed by atoms with Crippen molar-refractivity contribution < 1.29 is 4.74 Å². The predicted molar refractivity (Wildman–Crippen MR) is 107 cm³/mol. The molecule has 0 unspecified atom stereocenters. The summed E-state index contributed by atoms with van der Waals surface area (Å²) < 4.78 is 5.34. The van der Waals surface area contributed by atoms with E-state index in [0.717, 1.165) is 35.3 Å². The fourth-order valence-electron chi connectivity index (χ4n) is 2.99. The minimum Gasteiger partial charge on any atom is -0.497 e. The normalized spacial score (nSPS) is 11.2. The molecular formula is C22H24N2O. The van der Waals surface area contributed by atoms with Gasteiger partial charge in [0.15, 0.2) is 0 Å². The van der Waals surface area contributed by atoms with E-state index in [1.54, 1.807) is 7.11 Å². The van der Waals surface area contributed by atoms with Gasteiger partial charge in [-0.05, 0) is 61.4 Å². The van der Waals surface area contributed by atoms with Crippen LogP contribution in [-0.2, 0) is 0 Å². The standard InChI is InChI=1S/C22H24N2O/c1-4-24(5-2)19-10-7-17(8-11-19)6-9-18-14-15-23-22-13-12-20(25-3)16-21(18)22/h6-16H,4-5H2,1-3H3/b9-6-. The van der Waals surface area contributed by atoms with Gasteiger partial charge in [0.2, 0.25) is 0 Å². The zero-order valence-corrected chi connectivity index (χ0v) is 15.1. The van der Waals surface area contributed by atoms with E-state index in [4.69, 9.17) is 4.74 Å². The molecule has 0 aliphatic carbocycles. The highest BCUT2D eigenvalue weighted by Crippen LogP contribution is 2.24. The van der Waals surface area contributed by atoms with E-state index in [1.807, 2.05) is 30.5 Å². The zero-order chi connectivity index (χ0) is 17.6. The molecule has 0 fully saturated rings. The van der Waals surface area contributed by atoms with Crippen LogP contribution in [0.4, 0.5) is 5.69 Å². The Hall–Kier alpha value is -2.81. The Bertz CT molecular complexity index is 865. The Morgan fingerprint density at radius 3 is 2.40 bits per heavy atom. The van der Waals surface area contributed by atoms with Crippen molar-refractivity contribution in [2.24, 2.45) is 0 Å². The fourth-order valence-corrected chi connectivity index (χ4v) is 2.99. The second-order valence-electron chi connectivity index (χ2n) is 5.88. The van der Waals surface area contributed by atoms with E-state index in [-0.39, 0.29) is 0 Å². The summed E-state index contributed by atoms with van der Waals surface area (Å²) in [5.41, 5.74) is 4.56. The minimum absolute atomic E-state index is 0.846. The van der Waals surface area contributed by atoms with E-state index < -0.39 is 0 Å². The summed E-state index contributed by atoms with van der Waals surface area (Å²) in [7, 11) is 1.69. The monoisotopic (exact) mass is 332 g/mol. The van der Waals surface area contributed by atoms with Crippen LogP contribution in [0.1, 0.15) is 25.0 Å². The van der Waals surface area contributed by atoms with Crippen molar-refractivity contribution in [3.63, 3.8) is 0 Å². The van der Waals surface area contributed by atoms with E-state index >= 15 is 0 Å². The van der Waals surface area contributed by atoms with Gasteiger partial charge in [0.1, 0.15) is 5.75 Å². The number of benzene rings is 2. The number of aromatic nitrogens is 1. The molecule has 1 heterocycles. The molecule has 3 heteroatoms. The Labute approximate surface area is 149 Å². The molecule has 0 bridgehead atoms. The lowest BCUT2D eigenvalue weighted by molar-refractivity contribution is 0.415. The highest BCUT2D eigenvalue weighted by Gasteiger charge is 2.02. The second kappa shape index (κ2) is 7.84. The molecule has 1 aromatic heterocycles. The summed E-state index contributed by atoms with van der Waals surface area (Å²) in [5.74, 6) is 0.846. The first kappa shape index (κ1) is 17.0. The number of hydrogen-bond acceptors (Lipinski definition) is 3. The first-order chi connectivity index (χ1) is 12.2. The molecule has 0 atom stereocenters. The van der Waals surface area contributed by atoms with Gasteiger partial charge in [0.05, 0.1) is 12.6 Å². The third-order valence-corrected chi connectivity index (χ3v) is 4.46. The number of fused-ring (bicyclic) bond motifs is 1. The minimum atomic E-state index is 0.846. The summed E-state index contributed by atoms with van der Waals surface area (Å²) in [5, 5.41) is 1.10. The lowest BCUT2D eigenvalue weighted by atomic mass is 10.1. The van der Waals surface area contributed by atoms with Crippen molar-refractivity contribution in [2.75, 3.05) is 25.1 Å². The summed E-state index contributed by atoms with van der Waals surface area (Å²) in [6, 6.07) is 16.7. The molecule has 0 radical (unpaired) electrons. The quantitative estimate of drug-likeness (QED) is 0.615. The summed E-state index contributed by atoms with van der Waals surface area (Å²) in [6.07, 6.45) is 6.12. The van der Waals surface area contributed by atoms with Gasteiger partial charge in [0.25, 0.3) is 0 Å². The molecule has 25 heavy (non-hydrogen) atoms. The average molecular weight is 332 g/mol. The summed E-state index contributed by atoms with van der Waals surface area (Å²) in [6.45, 7) is 6.41. The van der Waals surface area contributed by atoms with E-state index in [9.17, 15) is 0 Å². The van der Waals surface area contributed by atoms with Crippen molar-refractivity contribution in [2.45, 2.75) is 13.8 Å². The van der Waals surface area contributed by atoms with Crippen LogP contribution in [0.3, 0.4) is 0 Å². The van der Waals surface area contributed by atoms with Gasteiger partial charge >= 0.3 is 0 Å². The van der Waals surface area contributed by atoms with Gasteiger partial charge in [-0.1, -0.05) is 24.3 Å².